The lowest BCUT2D eigenvalue weighted by Crippen LogP contribution is -2.38. The Hall–Kier alpha value is -2.07. The molecule has 6 heteroatoms. The van der Waals surface area contributed by atoms with Crippen LogP contribution in [0.1, 0.15) is 91.9 Å². The van der Waals surface area contributed by atoms with Crippen LogP contribution in [0.4, 0.5) is 11.4 Å². The Morgan fingerprint density at radius 3 is 1.97 bits per heavy atom. The minimum absolute atomic E-state index is 0.482. The molecule has 0 amide bonds. The van der Waals surface area contributed by atoms with Crippen molar-refractivity contribution in [3.63, 3.8) is 0 Å². The Kier molecular flexibility index (Phi) is 11.4. The van der Waals surface area contributed by atoms with Gasteiger partial charge in [-0.1, -0.05) is 56.5 Å². The number of azide groups is 1. The fourth-order valence-corrected chi connectivity index (χ4v) is 4.20. The van der Waals surface area contributed by atoms with Gasteiger partial charge in [0.15, 0.2) is 0 Å². The van der Waals surface area contributed by atoms with Gasteiger partial charge in [-0.05, 0) is 58.2 Å². The third-order valence-corrected chi connectivity index (χ3v) is 6.10. The van der Waals surface area contributed by atoms with Gasteiger partial charge in [0.25, 0.3) is 0 Å². The van der Waals surface area contributed by atoms with E-state index in [0.717, 1.165) is 31.9 Å². The molecule has 1 aliphatic heterocycles. The molecule has 0 bridgehead atoms. The quantitative estimate of drug-likeness (QED) is 0.117. The van der Waals surface area contributed by atoms with Crippen LogP contribution in [0.2, 0.25) is 0 Å². The SMILES string of the molecule is CC(C)N1CN(C(C)C)c2cc(OCCCCCCCCCCCCN=[N+]=[N-])ccc21. The highest BCUT2D eigenvalue weighted by Gasteiger charge is 2.29. The summed E-state index contributed by atoms with van der Waals surface area (Å²) >= 11 is 0. The molecule has 2 rings (SSSR count). The minimum Gasteiger partial charge on any atom is -0.494 e. The predicted molar refractivity (Wildman–Crippen MR) is 132 cm³/mol. The largest absolute Gasteiger partial charge is 0.494 e. The van der Waals surface area contributed by atoms with Gasteiger partial charge in [0.1, 0.15) is 5.75 Å². The fraction of sp³-hybridized carbons (Fsp3) is 0.760. The normalized spacial score (nSPS) is 13.1. The molecule has 0 aromatic heterocycles. The summed E-state index contributed by atoms with van der Waals surface area (Å²) in [5.41, 5.74) is 10.9. The topological polar surface area (TPSA) is 64.5 Å². The summed E-state index contributed by atoms with van der Waals surface area (Å²) in [7, 11) is 0. The van der Waals surface area contributed by atoms with E-state index in [1.165, 1.54) is 62.7 Å². The average Bonchev–Trinajstić information content (AvgIpc) is 3.13. The van der Waals surface area contributed by atoms with E-state index in [0.29, 0.717) is 18.6 Å². The number of ether oxygens (including phenoxy) is 1. The van der Waals surface area contributed by atoms with E-state index >= 15 is 0 Å². The second-order valence-electron chi connectivity index (χ2n) is 9.26. The molecule has 0 saturated carbocycles. The lowest BCUT2D eigenvalue weighted by molar-refractivity contribution is 0.304. The standard InChI is InChI=1S/C25H43N5O/c1-21(2)29-20-30(22(3)4)25-19-23(15-16-24(25)29)31-18-14-12-10-8-6-5-7-9-11-13-17-27-28-26/h15-16,19,21-22H,5-14,17-18,20H2,1-4H3. The second-order valence-corrected chi connectivity index (χ2v) is 9.26. The van der Waals surface area contributed by atoms with Crippen molar-refractivity contribution in [1.82, 2.24) is 0 Å². The molecule has 31 heavy (non-hydrogen) atoms. The molecule has 0 spiro atoms. The molecule has 0 unspecified atom stereocenters. The molecule has 1 aromatic rings. The van der Waals surface area contributed by atoms with Crippen LogP contribution >= 0.6 is 0 Å². The van der Waals surface area contributed by atoms with E-state index in [9.17, 15) is 0 Å². The molecule has 1 heterocycles. The second kappa shape index (κ2) is 14.1. The van der Waals surface area contributed by atoms with Gasteiger partial charge in [0.05, 0.1) is 24.7 Å². The van der Waals surface area contributed by atoms with E-state index in [1.54, 1.807) is 0 Å². The summed E-state index contributed by atoms with van der Waals surface area (Å²) < 4.78 is 6.08. The van der Waals surface area contributed by atoms with Crippen molar-refractivity contribution in [3.05, 3.63) is 28.6 Å². The number of anilines is 2. The van der Waals surface area contributed by atoms with Gasteiger partial charge in [0.2, 0.25) is 0 Å². The van der Waals surface area contributed by atoms with Crippen LogP contribution in [-0.2, 0) is 0 Å². The van der Waals surface area contributed by atoms with Crippen molar-refractivity contribution in [2.75, 3.05) is 29.6 Å². The first-order valence-electron chi connectivity index (χ1n) is 12.4. The molecule has 6 nitrogen and oxygen atoms in total. The highest BCUT2D eigenvalue weighted by atomic mass is 16.5. The monoisotopic (exact) mass is 429 g/mol. The van der Waals surface area contributed by atoms with E-state index in [1.807, 2.05) is 0 Å². The van der Waals surface area contributed by atoms with Gasteiger partial charge in [-0.3, -0.25) is 0 Å². The summed E-state index contributed by atoms with van der Waals surface area (Å²) in [5, 5.41) is 3.57. The van der Waals surface area contributed by atoms with Crippen LogP contribution in [-0.4, -0.2) is 31.9 Å². The third kappa shape index (κ3) is 8.53. The number of benzene rings is 1. The Morgan fingerprint density at radius 1 is 0.839 bits per heavy atom. The van der Waals surface area contributed by atoms with Gasteiger partial charge < -0.3 is 14.5 Å². The van der Waals surface area contributed by atoms with Gasteiger partial charge in [-0.25, -0.2) is 0 Å². The molecule has 1 aliphatic rings. The zero-order valence-corrected chi connectivity index (χ0v) is 20.2. The van der Waals surface area contributed by atoms with Gasteiger partial charge in [-0.2, -0.15) is 0 Å². The van der Waals surface area contributed by atoms with Crippen molar-refractivity contribution in [2.24, 2.45) is 5.11 Å². The summed E-state index contributed by atoms with van der Waals surface area (Å²) in [4.78, 5) is 7.71. The maximum atomic E-state index is 8.23. The Balaban J connectivity index is 1.57. The molecule has 0 fully saturated rings. The smallest absolute Gasteiger partial charge is 0.121 e. The lowest BCUT2D eigenvalue weighted by Gasteiger charge is -2.27. The summed E-state index contributed by atoms with van der Waals surface area (Å²) in [6.07, 6.45) is 12.4. The van der Waals surface area contributed by atoms with Crippen molar-refractivity contribution in [3.8, 4) is 5.75 Å². The van der Waals surface area contributed by atoms with Crippen LogP contribution in [0.15, 0.2) is 23.3 Å². The van der Waals surface area contributed by atoms with Crippen LogP contribution in [0.5, 0.6) is 5.75 Å². The first-order valence-corrected chi connectivity index (χ1v) is 12.4. The van der Waals surface area contributed by atoms with E-state index in [-0.39, 0.29) is 0 Å². The molecular formula is C25H43N5O. The molecule has 0 radical (unpaired) electrons. The van der Waals surface area contributed by atoms with Crippen molar-refractivity contribution in [2.45, 2.75) is 104 Å². The molecule has 0 aliphatic carbocycles. The molecular weight excluding hydrogens is 386 g/mol. The van der Waals surface area contributed by atoms with Crippen LogP contribution in [0.25, 0.3) is 10.4 Å². The number of hydrogen-bond acceptors (Lipinski definition) is 4. The number of fused-ring (bicyclic) bond motifs is 1. The van der Waals surface area contributed by atoms with Crippen LogP contribution < -0.4 is 14.5 Å². The van der Waals surface area contributed by atoms with Crippen molar-refractivity contribution < 1.29 is 4.74 Å². The number of hydrogen-bond donors (Lipinski definition) is 0. The summed E-state index contributed by atoms with van der Waals surface area (Å²) in [6, 6.07) is 7.56. The molecule has 0 saturated heterocycles. The summed E-state index contributed by atoms with van der Waals surface area (Å²) in [5.74, 6) is 0.996. The van der Waals surface area contributed by atoms with Crippen LogP contribution in [0.3, 0.4) is 0 Å². The van der Waals surface area contributed by atoms with Gasteiger partial charge in [-0.15, -0.1) is 0 Å². The van der Waals surface area contributed by atoms with E-state index < -0.39 is 0 Å². The number of unbranched alkanes of at least 4 members (excludes halogenated alkanes) is 9. The Bertz CT molecular complexity index is 684. The number of nitrogens with zero attached hydrogens (tertiary/aromatic N) is 5. The lowest BCUT2D eigenvalue weighted by atomic mass is 10.1. The minimum atomic E-state index is 0.482. The fourth-order valence-electron chi connectivity index (χ4n) is 4.20. The van der Waals surface area contributed by atoms with Crippen molar-refractivity contribution in [1.29, 1.82) is 0 Å². The van der Waals surface area contributed by atoms with Crippen LogP contribution in [0, 0.1) is 0 Å². The first-order chi connectivity index (χ1) is 15.0. The molecule has 0 N–H and O–H groups in total. The van der Waals surface area contributed by atoms with Gasteiger partial charge in [0, 0.05) is 29.6 Å². The molecule has 174 valence electrons. The number of rotatable bonds is 16. The Labute approximate surface area is 189 Å². The highest BCUT2D eigenvalue weighted by molar-refractivity contribution is 5.78. The average molecular weight is 430 g/mol. The molecule has 1 aromatic carbocycles. The first kappa shape index (κ1) is 25.2. The zero-order valence-electron chi connectivity index (χ0n) is 20.2. The van der Waals surface area contributed by atoms with Crippen molar-refractivity contribution >= 4 is 11.4 Å². The maximum absolute atomic E-state index is 8.23. The van der Waals surface area contributed by atoms with Gasteiger partial charge >= 0.3 is 0 Å². The zero-order chi connectivity index (χ0) is 22.5. The summed E-state index contributed by atoms with van der Waals surface area (Å²) in [6.45, 7) is 11.4. The van der Waals surface area contributed by atoms with E-state index in [4.69, 9.17) is 10.3 Å². The molecule has 0 atom stereocenters. The Morgan fingerprint density at radius 2 is 1.39 bits per heavy atom. The predicted octanol–water partition coefficient (Wildman–Crippen LogP) is 7.68. The third-order valence-electron chi connectivity index (χ3n) is 6.10. The maximum Gasteiger partial charge on any atom is 0.121 e. The highest BCUT2D eigenvalue weighted by Crippen LogP contribution is 2.40. The van der Waals surface area contributed by atoms with E-state index in [2.05, 4.69) is 65.7 Å².